The fraction of sp³-hybridized carbons (Fsp3) is 0.500. The molecule has 2 N–H and O–H groups in total. The van der Waals surface area contributed by atoms with Crippen LogP contribution in [0, 0.1) is 0 Å². The second-order valence-electron chi connectivity index (χ2n) is 5.48. The van der Waals surface area contributed by atoms with E-state index in [0.717, 1.165) is 11.3 Å². The highest BCUT2D eigenvalue weighted by Crippen LogP contribution is 2.22. The zero-order valence-corrected chi connectivity index (χ0v) is 13.7. The zero-order chi connectivity index (χ0) is 15.2. The van der Waals surface area contributed by atoms with Gasteiger partial charge in [-0.1, -0.05) is 12.1 Å². The van der Waals surface area contributed by atoms with Crippen LogP contribution in [0.4, 0.5) is 0 Å². The van der Waals surface area contributed by atoms with Gasteiger partial charge in [0.15, 0.2) is 5.11 Å². The van der Waals surface area contributed by atoms with E-state index in [1.165, 1.54) is 30.4 Å². The Balaban J connectivity index is 1.93. The summed E-state index contributed by atoms with van der Waals surface area (Å²) in [5.74, 6) is 0. The highest BCUT2D eigenvalue weighted by molar-refractivity contribution is 7.80. The van der Waals surface area contributed by atoms with Crippen molar-refractivity contribution in [2.45, 2.75) is 39.2 Å². The number of benzene rings is 1. The molecule has 0 bridgehead atoms. The van der Waals surface area contributed by atoms with Gasteiger partial charge in [0, 0.05) is 13.2 Å². The molecule has 1 aliphatic carbocycles. The summed E-state index contributed by atoms with van der Waals surface area (Å²) < 4.78 is 5.06. The van der Waals surface area contributed by atoms with E-state index < -0.39 is 0 Å². The lowest BCUT2D eigenvalue weighted by atomic mass is 10.0. The number of fused-ring (bicyclic) bond motifs is 1. The molecule has 0 spiro atoms. The largest absolute Gasteiger partial charge is 0.383 e. The van der Waals surface area contributed by atoms with Crippen molar-refractivity contribution in [3.05, 3.63) is 34.9 Å². The number of ether oxygens (including phenoxy) is 1. The lowest BCUT2D eigenvalue weighted by Gasteiger charge is -2.14. The molecule has 0 saturated heterocycles. The Kier molecular flexibility index (Phi) is 5.70. The van der Waals surface area contributed by atoms with Gasteiger partial charge in [0.2, 0.25) is 0 Å². The number of rotatable bonds is 5. The van der Waals surface area contributed by atoms with Crippen molar-refractivity contribution < 1.29 is 4.74 Å². The SMILES string of the molecule is COC[C@@H](C)NC(=S)N/N=C(/C)c1ccc2c(c1)CCC2. The molecule has 21 heavy (non-hydrogen) atoms. The fourth-order valence-corrected chi connectivity index (χ4v) is 2.79. The first-order valence-corrected chi connectivity index (χ1v) is 7.73. The molecule has 1 aromatic carbocycles. The molecule has 1 aromatic rings. The van der Waals surface area contributed by atoms with Gasteiger partial charge >= 0.3 is 0 Å². The van der Waals surface area contributed by atoms with Crippen molar-refractivity contribution in [1.82, 2.24) is 10.7 Å². The minimum Gasteiger partial charge on any atom is -0.383 e. The fourth-order valence-electron chi connectivity index (χ4n) is 2.54. The van der Waals surface area contributed by atoms with Gasteiger partial charge in [0.25, 0.3) is 0 Å². The van der Waals surface area contributed by atoms with E-state index >= 15 is 0 Å². The molecule has 114 valence electrons. The third kappa shape index (κ3) is 4.51. The van der Waals surface area contributed by atoms with Crippen LogP contribution >= 0.6 is 12.2 Å². The van der Waals surface area contributed by atoms with Crippen LogP contribution in [0.2, 0.25) is 0 Å². The van der Waals surface area contributed by atoms with Gasteiger partial charge in [-0.2, -0.15) is 5.10 Å². The molecule has 0 aromatic heterocycles. The van der Waals surface area contributed by atoms with E-state index in [0.29, 0.717) is 11.7 Å². The van der Waals surface area contributed by atoms with Gasteiger partial charge in [-0.3, -0.25) is 5.43 Å². The Hall–Kier alpha value is -1.46. The predicted molar refractivity (Wildman–Crippen MR) is 90.9 cm³/mol. The van der Waals surface area contributed by atoms with Crippen molar-refractivity contribution >= 4 is 23.0 Å². The molecular weight excluding hydrogens is 282 g/mol. The Labute approximate surface area is 132 Å². The zero-order valence-electron chi connectivity index (χ0n) is 12.9. The number of hydrogen-bond acceptors (Lipinski definition) is 3. The van der Waals surface area contributed by atoms with Gasteiger partial charge in [0.05, 0.1) is 12.3 Å². The van der Waals surface area contributed by atoms with E-state index in [1.807, 2.05) is 13.8 Å². The topological polar surface area (TPSA) is 45.6 Å². The molecule has 0 saturated carbocycles. The highest BCUT2D eigenvalue weighted by atomic mass is 32.1. The first kappa shape index (κ1) is 15.9. The summed E-state index contributed by atoms with van der Waals surface area (Å²) in [6.45, 7) is 4.61. The monoisotopic (exact) mass is 305 g/mol. The van der Waals surface area contributed by atoms with Crippen molar-refractivity contribution in [2.75, 3.05) is 13.7 Å². The van der Waals surface area contributed by atoms with Crippen molar-refractivity contribution in [1.29, 1.82) is 0 Å². The Morgan fingerprint density at radius 1 is 1.38 bits per heavy atom. The molecule has 4 nitrogen and oxygen atoms in total. The second kappa shape index (κ2) is 7.52. The quantitative estimate of drug-likeness (QED) is 0.498. The maximum absolute atomic E-state index is 5.21. The van der Waals surface area contributed by atoms with Crippen LogP contribution in [0.15, 0.2) is 23.3 Å². The minimum absolute atomic E-state index is 0.158. The Morgan fingerprint density at radius 3 is 2.90 bits per heavy atom. The van der Waals surface area contributed by atoms with E-state index in [1.54, 1.807) is 7.11 Å². The molecular formula is C16H23N3OS. The van der Waals surface area contributed by atoms with E-state index in [4.69, 9.17) is 17.0 Å². The third-order valence-electron chi connectivity index (χ3n) is 3.64. The average molecular weight is 305 g/mol. The highest BCUT2D eigenvalue weighted by Gasteiger charge is 2.11. The molecule has 1 atom stereocenters. The maximum Gasteiger partial charge on any atom is 0.187 e. The molecule has 0 unspecified atom stereocenters. The molecule has 0 amide bonds. The lowest BCUT2D eigenvalue weighted by Crippen LogP contribution is -2.40. The standard InChI is InChI=1S/C16H23N3OS/c1-11(10-20-3)17-16(21)19-18-12(2)14-8-7-13-5-4-6-15(13)9-14/h7-9,11H,4-6,10H2,1-3H3,(H2,17,19,21)/b18-12-/t11-/m1/s1. The number of nitrogens with one attached hydrogen (secondary N) is 2. The average Bonchev–Trinajstić information content (AvgIpc) is 2.92. The first-order valence-electron chi connectivity index (χ1n) is 7.32. The van der Waals surface area contributed by atoms with E-state index in [-0.39, 0.29) is 6.04 Å². The van der Waals surface area contributed by atoms with Crippen LogP contribution in [0.1, 0.15) is 37.0 Å². The summed E-state index contributed by atoms with van der Waals surface area (Å²) in [6, 6.07) is 6.75. The van der Waals surface area contributed by atoms with Gasteiger partial charge in [-0.15, -0.1) is 0 Å². The lowest BCUT2D eigenvalue weighted by molar-refractivity contribution is 0.179. The number of hydrazone groups is 1. The van der Waals surface area contributed by atoms with Gasteiger partial charge in [-0.05, 0) is 68.1 Å². The molecule has 0 heterocycles. The van der Waals surface area contributed by atoms with Crippen molar-refractivity contribution in [3.8, 4) is 0 Å². The van der Waals surface area contributed by atoms with Crippen LogP contribution in [-0.4, -0.2) is 30.6 Å². The second-order valence-corrected chi connectivity index (χ2v) is 5.88. The molecule has 0 radical (unpaired) electrons. The third-order valence-corrected chi connectivity index (χ3v) is 3.84. The van der Waals surface area contributed by atoms with Crippen LogP contribution in [-0.2, 0) is 17.6 Å². The number of thiocarbonyl (C=S) groups is 1. The normalized spacial score (nSPS) is 15.5. The Bertz CT molecular complexity index is 542. The smallest absolute Gasteiger partial charge is 0.187 e. The van der Waals surface area contributed by atoms with Gasteiger partial charge in [-0.25, -0.2) is 0 Å². The summed E-state index contributed by atoms with van der Waals surface area (Å²) in [6.07, 6.45) is 3.65. The predicted octanol–water partition coefficient (Wildman–Crippen LogP) is 2.40. The van der Waals surface area contributed by atoms with Crippen molar-refractivity contribution in [3.63, 3.8) is 0 Å². The maximum atomic E-state index is 5.21. The van der Waals surface area contributed by atoms with Crippen molar-refractivity contribution in [2.24, 2.45) is 5.10 Å². The van der Waals surface area contributed by atoms with E-state index in [2.05, 4.69) is 34.0 Å². The van der Waals surface area contributed by atoms with Crippen LogP contribution in [0.3, 0.4) is 0 Å². The number of nitrogens with zero attached hydrogens (tertiary/aromatic N) is 1. The summed E-state index contributed by atoms with van der Waals surface area (Å²) in [7, 11) is 1.67. The van der Waals surface area contributed by atoms with Gasteiger partial charge in [0.1, 0.15) is 0 Å². The summed E-state index contributed by atoms with van der Waals surface area (Å²) in [4.78, 5) is 0. The van der Waals surface area contributed by atoms with Crippen LogP contribution in [0.25, 0.3) is 0 Å². The Morgan fingerprint density at radius 2 is 2.14 bits per heavy atom. The molecule has 5 heteroatoms. The molecule has 1 aliphatic rings. The number of methoxy groups -OCH3 is 1. The number of hydrogen-bond donors (Lipinski definition) is 2. The minimum atomic E-state index is 0.158. The summed E-state index contributed by atoms with van der Waals surface area (Å²) in [5.41, 5.74) is 7.91. The summed E-state index contributed by atoms with van der Waals surface area (Å²) >= 11 is 5.21. The molecule has 0 fully saturated rings. The first-order chi connectivity index (χ1) is 10.1. The van der Waals surface area contributed by atoms with E-state index in [9.17, 15) is 0 Å². The summed E-state index contributed by atoms with van der Waals surface area (Å²) in [5, 5.41) is 7.99. The van der Waals surface area contributed by atoms with Crippen LogP contribution < -0.4 is 10.7 Å². The van der Waals surface area contributed by atoms with Gasteiger partial charge < -0.3 is 10.1 Å². The number of aryl methyl sites for hydroxylation is 2. The molecule has 0 aliphatic heterocycles. The van der Waals surface area contributed by atoms with Crippen LogP contribution in [0.5, 0.6) is 0 Å². The molecule has 2 rings (SSSR count).